The minimum Gasteiger partial charge on any atom is -0.478 e. The van der Waals surface area contributed by atoms with Crippen LogP contribution >= 0.6 is 15.9 Å². The van der Waals surface area contributed by atoms with Crippen molar-refractivity contribution < 1.29 is 14.7 Å². The van der Waals surface area contributed by atoms with Crippen molar-refractivity contribution in [2.24, 2.45) is 0 Å². The largest absolute Gasteiger partial charge is 0.478 e. The van der Waals surface area contributed by atoms with Crippen LogP contribution in [0.25, 0.3) is 0 Å². The first-order valence-electron chi connectivity index (χ1n) is 4.21. The molecule has 0 spiro atoms. The van der Waals surface area contributed by atoms with Crippen LogP contribution in [0, 0.1) is 0 Å². The second kappa shape index (κ2) is 4.48. The van der Waals surface area contributed by atoms with Crippen LogP contribution in [0.2, 0.25) is 0 Å². The van der Waals surface area contributed by atoms with E-state index in [-0.39, 0.29) is 18.0 Å². The van der Waals surface area contributed by atoms with E-state index >= 15 is 0 Å². The zero-order valence-corrected chi connectivity index (χ0v) is 9.98. The fourth-order valence-corrected chi connectivity index (χ4v) is 1.48. The summed E-state index contributed by atoms with van der Waals surface area (Å²) >= 11 is 3.19. The van der Waals surface area contributed by atoms with Crippen molar-refractivity contribution in [1.82, 2.24) is 9.47 Å². The first-order chi connectivity index (χ1) is 6.91. The quantitative estimate of drug-likeness (QED) is 0.896. The van der Waals surface area contributed by atoms with Gasteiger partial charge in [-0.15, -0.1) is 0 Å². The predicted molar refractivity (Wildman–Crippen MR) is 57.8 cm³/mol. The Bertz CT molecular complexity index is 398. The van der Waals surface area contributed by atoms with Crippen molar-refractivity contribution >= 4 is 27.8 Å². The molecule has 0 bridgehead atoms. The van der Waals surface area contributed by atoms with Gasteiger partial charge in [-0.1, -0.05) is 0 Å². The number of carbonyl (C=O) groups is 2. The highest BCUT2D eigenvalue weighted by Crippen LogP contribution is 2.15. The summed E-state index contributed by atoms with van der Waals surface area (Å²) in [5.41, 5.74) is 0.161. The van der Waals surface area contributed by atoms with Gasteiger partial charge in [-0.05, 0) is 22.0 Å². The topological polar surface area (TPSA) is 62.5 Å². The van der Waals surface area contributed by atoms with Crippen molar-refractivity contribution in [2.75, 3.05) is 14.1 Å². The molecule has 1 heterocycles. The van der Waals surface area contributed by atoms with Gasteiger partial charge in [0.15, 0.2) is 0 Å². The van der Waals surface area contributed by atoms with Gasteiger partial charge in [-0.2, -0.15) is 0 Å². The fourth-order valence-electron chi connectivity index (χ4n) is 1.00. The lowest BCUT2D eigenvalue weighted by Gasteiger charge is -2.11. The number of carboxylic acid groups (broad SMARTS) is 1. The normalized spacial score (nSPS) is 10.1. The average molecular weight is 275 g/mol. The number of aromatic carboxylic acids is 1. The van der Waals surface area contributed by atoms with E-state index in [1.807, 2.05) is 0 Å². The molecule has 0 aliphatic carbocycles. The number of aromatic nitrogens is 1. The predicted octanol–water partition coefficient (Wildman–Crippen LogP) is 1.04. The molecule has 0 aromatic carbocycles. The number of likely N-dealkylation sites (N-methyl/N-ethyl adjacent to an activating group) is 1. The maximum Gasteiger partial charge on any atom is 0.337 e. The number of nitrogens with zero attached hydrogens (tertiary/aromatic N) is 2. The van der Waals surface area contributed by atoms with Gasteiger partial charge in [-0.3, -0.25) is 4.79 Å². The SMILES string of the molecule is CN(C)C(=O)Cn1cc(C(=O)O)cc1Br. The number of carboxylic acids is 1. The van der Waals surface area contributed by atoms with Gasteiger partial charge < -0.3 is 14.6 Å². The molecule has 82 valence electrons. The summed E-state index contributed by atoms with van der Waals surface area (Å²) in [6, 6.07) is 1.46. The summed E-state index contributed by atoms with van der Waals surface area (Å²) in [6.07, 6.45) is 1.42. The molecule has 0 fully saturated rings. The molecule has 0 atom stereocenters. The summed E-state index contributed by atoms with van der Waals surface area (Å²) in [7, 11) is 3.30. The highest BCUT2D eigenvalue weighted by atomic mass is 79.9. The van der Waals surface area contributed by atoms with Crippen LogP contribution < -0.4 is 0 Å². The van der Waals surface area contributed by atoms with Crippen molar-refractivity contribution in [3.8, 4) is 0 Å². The maximum atomic E-state index is 11.4. The molecule has 15 heavy (non-hydrogen) atoms. The Hall–Kier alpha value is -1.30. The number of hydrogen-bond acceptors (Lipinski definition) is 2. The van der Waals surface area contributed by atoms with Crippen LogP contribution in [0.15, 0.2) is 16.9 Å². The maximum absolute atomic E-state index is 11.4. The Kier molecular flexibility index (Phi) is 3.52. The summed E-state index contributed by atoms with van der Waals surface area (Å²) in [4.78, 5) is 23.5. The van der Waals surface area contributed by atoms with E-state index in [4.69, 9.17) is 5.11 Å². The molecule has 1 aromatic rings. The van der Waals surface area contributed by atoms with Gasteiger partial charge in [-0.25, -0.2) is 4.79 Å². The van der Waals surface area contributed by atoms with E-state index < -0.39 is 5.97 Å². The molecular formula is C9H11BrN2O3. The van der Waals surface area contributed by atoms with Crippen LogP contribution in [-0.2, 0) is 11.3 Å². The number of rotatable bonds is 3. The standard InChI is InChI=1S/C9H11BrN2O3/c1-11(2)8(13)5-12-4-6(9(14)15)3-7(12)10/h3-4H,5H2,1-2H3,(H,14,15). The van der Waals surface area contributed by atoms with Crippen LogP contribution in [0.4, 0.5) is 0 Å². The van der Waals surface area contributed by atoms with Crippen molar-refractivity contribution in [2.45, 2.75) is 6.54 Å². The number of halogens is 1. The number of amides is 1. The molecule has 1 amide bonds. The van der Waals surface area contributed by atoms with Crippen LogP contribution in [0.1, 0.15) is 10.4 Å². The zero-order valence-electron chi connectivity index (χ0n) is 8.40. The van der Waals surface area contributed by atoms with E-state index in [0.29, 0.717) is 4.60 Å². The molecule has 0 aliphatic rings. The Morgan fingerprint density at radius 1 is 1.53 bits per heavy atom. The molecule has 1 N–H and O–H groups in total. The van der Waals surface area contributed by atoms with Crippen molar-refractivity contribution in [3.05, 3.63) is 22.4 Å². The molecule has 6 heteroatoms. The third kappa shape index (κ3) is 2.82. The van der Waals surface area contributed by atoms with Gasteiger partial charge in [0, 0.05) is 20.3 Å². The lowest BCUT2D eigenvalue weighted by Crippen LogP contribution is -2.26. The summed E-state index contributed by atoms with van der Waals surface area (Å²) in [5.74, 6) is -1.10. The van der Waals surface area contributed by atoms with E-state index in [2.05, 4.69) is 15.9 Å². The monoisotopic (exact) mass is 274 g/mol. The highest BCUT2D eigenvalue weighted by Gasteiger charge is 2.12. The fraction of sp³-hybridized carbons (Fsp3) is 0.333. The van der Waals surface area contributed by atoms with Crippen LogP contribution in [0.5, 0.6) is 0 Å². The summed E-state index contributed by atoms with van der Waals surface area (Å²) in [5, 5.41) is 8.74. The molecule has 1 aromatic heterocycles. The van der Waals surface area contributed by atoms with Crippen LogP contribution in [-0.4, -0.2) is 40.5 Å². The van der Waals surface area contributed by atoms with Gasteiger partial charge in [0.05, 0.1) is 10.2 Å². The number of hydrogen-bond donors (Lipinski definition) is 1. The van der Waals surface area contributed by atoms with E-state index in [0.717, 1.165) is 0 Å². The molecular weight excluding hydrogens is 264 g/mol. The van der Waals surface area contributed by atoms with E-state index in [9.17, 15) is 9.59 Å². The third-order valence-electron chi connectivity index (χ3n) is 1.90. The second-order valence-corrected chi connectivity index (χ2v) is 4.09. The van der Waals surface area contributed by atoms with Gasteiger partial charge in [0.1, 0.15) is 6.54 Å². The Balaban J connectivity index is 2.86. The zero-order chi connectivity index (χ0) is 11.6. The van der Waals surface area contributed by atoms with Crippen molar-refractivity contribution in [3.63, 3.8) is 0 Å². The molecule has 0 saturated carbocycles. The Morgan fingerprint density at radius 2 is 2.13 bits per heavy atom. The lowest BCUT2D eigenvalue weighted by molar-refractivity contribution is -0.129. The van der Waals surface area contributed by atoms with Crippen molar-refractivity contribution in [1.29, 1.82) is 0 Å². The van der Waals surface area contributed by atoms with E-state index in [1.165, 1.54) is 17.2 Å². The summed E-state index contributed by atoms with van der Waals surface area (Å²) in [6.45, 7) is 0.126. The first-order valence-corrected chi connectivity index (χ1v) is 5.00. The Labute approximate surface area is 95.4 Å². The Morgan fingerprint density at radius 3 is 2.53 bits per heavy atom. The molecule has 0 saturated heterocycles. The highest BCUT2D eigenvalue weighted by molar-refractivity contribution is 9.10. The molecule has 1 rings (SSSR count). The second-order valence-electron chi connectivity index (χ2n) is 3.27. The summed E-state index contributed by atoms with van der Waals surface area (Å²) < 4.78 is 2.13. The van der Waals surface area contributed by atoms with E-state index in [1.54, 1.807) is 18.7 Å². The first kappa shape index (κ1) is 11.8. The third-order valence-corrected chi connectivity index (χ3v) is 2.58. The van der Waals surface area contributed by atoms with Crippen LogP contribution in [0.3, 0.4) is 0 Å². The number of carbonyl (C=O) groups excluding carboxylic acids is 1. The molecule has 0 unspecified atom stereocenters. The van der Waals surface area contributed by atoms with Gasteiger partial charge >= 0.3 is 5.97 Å². The molecule has 0 radical (unpaired) electrons. The molecule has 0 aliphatic heterocycles. The molecule has 5 nitrogen and oxygen atoms in total. The minimum atomic E-state index is -1.01. The lowest BCUT2D eigenvalue weighted by atomic mass is 10.4. The smallest absolute Gasteiger partial charge is 0.337 e. The average Bonchev–Trinajstić information content (AvgIpc) is 2.47. The van der Waals surface area contributed by atoms with Gasteiger partial charge in [0.2, 0.25) is 5.91 Å². The van der Waals surface area contributed by atoms with Gasteiger partial charge in [0.25, 0.3) is 0 Å². The minimum absolute atomic E-state index is 0.0942.